The fourth-order valence-corrected chi connectivity index (χ4v) is 3.37. The third-order valence-electron chi connectivity index (χ3n) is 4.86. The number of nitrogens with zero attached hydrogens (tertiary/aromatic N) is 1. The first-order valence-electron chi connectivity index (χ1n) is 7.40. The maximum absolute atomic E-state index is 13.0. The second-order valence-electron chi connectivity index (χ2n) is 6.00. The van der Waals surface area contributed by atoms with E-state index in [1.165, 1.54) is 5.54 Å². The normalized spacial score (nSPS) is 30.1. The van der Waals surface area contributed by atoms with Crippen LogP contribution in [0.5, 0.6) is 0 Å². The first-order valence-corrected chi connectivity index (χ1v) is 7.84. The van der Waals surface area contributed by atoms with Crippen molar-refractivity contribution < 1.29 is 9.59 Å². The van der Waals surface area contributed by atoms with Crippen LogP contribution in [0.2, 0.25) is 0 Å². The zero-order chi connectivity index (χ0) is 14.8. The Labute approximate surface area is 125 Å². The SMILES string of the molecule is CCC1(C)C(=O)NC2(CCCCC2)C(=O)N1C/C=C/Cl. The van der Waals surface area contributed by atoms with E-state index in [-0.39, 0.29) is 11.8 Å². The minimum absolute atomic E-state index is 0.0375. The Kier molecular flexibility index (Phi) is 4.43. The Balaban J connectivity index is 2.35. The van der Waals surface area contributed by atoms with Crippen LogP contribution in [0.15, 0.2) is 11.6 Å². The third-order valence-corrected chi connectivity index (χ3v) is 5.04. The zero-order valence-electron chi connectivity index (χ0n) is 12.2. The molecule has 1 saturated carbocycles. The summed E-state index contributed by atoms with van der Waals surface area (Å²) in [4.78, 5) is 27.2. The van der Waals surface area contributed by atoms with Crippen molar-refractivity contribution in [3.63, 3.8) is 0 Å². The number of nitrogens with one attached hydrogen (secondary N) is 1. The maximum atomic E-state index is 13.0. The highest BCUT2D eigenvalue weighted by Gasteiger charge is 2.55. The van der Waals surface area contributed by atoms with Crippen LogP contribution in [0, 0.1) is 0 Å². The Morgan fingerprint density at radius 1 is 1.30 bits per heavy atom. The lowest BCUT2D eigenvalue weighted by atomic mass is 9.76. The number of carbonyl (C=O) groups is 2. The van der Waals surface area contributed by atoms with Crippen LogP contribution >= 0.6 is 11.6 Å². The van der Waals surface area contributed by atoms with Crippen molar-refractivity contribution in [1.29, 1.82) is 0 Å². The summed E-state index contributed by atoms with van der Waals surface area (Å²) in [7, 11) is 0. The van der Waals surface area contributed by atoms with Crippen LogP contribution in [0.4, 0.5) is 0 Å². The summed E-state index contributed by atoms with van der Waals surface area (Å²) in [5, 5.41) is 3.04. The van der Waals surface area contributed by atoms with Gasteiger partial charge in [0.1, 0.15) is 11.1 Å². The van der Waals surface area contributed by atoms with Gasteiger partial charge in [0, 0.05) is 12.1 Å². The summed E-state index contributed by atoms with van der Waals surface area (Å²) in [6, 6.07) is 0. The highest BCUT2D eigenvalue weighted by Crippen LogP contribution is 2.37. The molecule has 1 aliphatic carbocycles. The molecule has 1 atom stereocenters. The standard InChI is InChI=1S/C15H23ClN2O2/c1-3-14(2)12(19)17-15(8-5-4-6-9-15)13(20)18(14)11-7-10-16/h7,10H,3-6,8-9,11H2,1-2H3,(H,17,19)/b10-7+. The molecule has 2 amide bonds. The van der Waals surface area contributed by atoms with Crippen LogP contribution < -0.4 is 5.32 Å². The van der Waals surface area contributed by atoms with E-state index >= 15 is 0 Å². The fraction of sp³-hybridized carbons (Fsp3) is 0.733. The minimum atomic E-state index is -0.782. The summed E-state index contributed by atoms with van der Waals surface area (Å²) in [6.45, 7) is 4.16. The third kappa shape index (κ3) is 2.34. The molecule has 5 heteroatoms. The van der Waals surface area contributed by atoms with Crippen molar-refractivity contribution in [1.82, 2.24) is 10.2 Å². The number of hydrogen-bond acceptors (Lipinski definition) is 2. The molecule has 20 heavy (non-hydrogen) atoms. The van der Waals surface area contributed by atoms with E-state index in [1.807, 2.05) is 13.8 Å². The first-order chi connectivity index (χ1) is 9.50. The lowest BCUT2D eigenvalue weighted by molar-refractivity contribution is -0.163. The van der Waals surface area contributed by atoms with Gasteiger partial charge in [0.05, 0.1) is 0 Å². The Morgan fingerprint density at radius 2 is 1.95 bits per heavy atom. The number of rotatable bonds is 3. The van der Waals surface area contributed by atoms with Gasteiger partial charge in [-0.1, -0.05) is 43.9 Å². The molecule has 1 aliphatic heterocycles. The molecule has 1 unspecified atom stereocenters. The lowest BCUT2D eigenvalue weighted by Crippen LogP contribution is -2.75. The minimum Gasteiger partial charge on any atom is -0.340 e. The summed E-state index contributed by atoms with van der Waals surface area (Å²) in [6.07, 6.45) is 6.94. The van der Waals surface area contributed by atoms with Gasteiger partial charge in [0.15, 0.2) is 0 Å². The monoisotopic (exact) mass is 298 g/mol. The van der Waals surface area contributed by atoms with E-state index in [9.17, 15) is 9.59 Å². The molecule has 0 aromatic rings. The van der Waals surface area contributed by atoms with E-state index in [0.717, 1.165) is 32.1 Å². The van der Waals surface area contributed by atoms with Gasteiger partial charge in [0.2, 0.25) is 11.8 Å². The predicted molar refractivity (Wildman–Crippen MR) is 79.4 cm³/mol. The van der Waals surface area contributed by atoms with Crippen LogP contribution in [-0.2, 0) is 9.59 Å². The Hall–Kier alpha value is -1.03. The van der Waals surface area contributed by atoms with Gasteiger partial charge in [-0.05, 0) is 26.2 Å². The van der Waals surface area contributed by atoms with Gasteiger partial charge in [-0.15, -0.1) is 0 Å². The number of halogens is 1. The number of piperazine rings is 1. The van der Waals surface area contributed by atoms with Crippen molar-refractivity contribution in [2.45, 2.75) is 63.5 Å². The van der Waals surface area contributed by atoms with E-state index < -0.39 is 11.1 Å². The van der Waals surface area contributed by atoms with Crippen molar-refractivity contribution in [3.05, 3.63) is 11.6 Å². The van der Waals surface area contributed by atoms with Crippen LogP contribution in [0.3, 0.4) is 0 Å². The molecule has 2 aliphatic rings. The van der Waals surface area contributed by atoms with Crippen molar-refractivity contribution in [3.8, 4) is 0 Å². The summed E-state index contributed by atoms with van der Waals surface area (Å²) in [5.41, 5.74) is -0.0518. The molecule has 1 N–H and O–H groups in total. The van der Waals surface area contributed by atoms with Gasteiger partial charge in [-0.2, -0.15) is 0 Å². The average molecular weight is 299 g/mol. The molecule has 0 aromatic carbocycles. The quantitative estimate of drug-likeness (QED) is 0.870. The molecule has 1 heterocycles. The number of carbonyl (C=O) groups excluding carboxylic acids is 2. The van der Waals surface area contributed by atoms with E-state index in [4.69, 9.17) is 11.6 Å². The molecule has 112 valence electrons. The van der Waals surface area contributed by atoms with Crippen molar-refractivity contribution >= 4 is 23.4 Å². The molecular weight excluding hydrogens is 276 g/mol. The second-order valence-corrected chi connectivity index (χ2v) is 6.25. The molecular formula is C15H23ClN2O2. The number of amides is 2. The van der Waals surface area contributed by atoms with E-state index in [2.05, 4.69) is 5.32 Å². The summed E-state index contributed by atoms with van der Waals surface area (Å²) >= 11 is 5.60. The first kappa shape index (κ1) is 15.4. The molecule has 2 fully saturated rings. The molecule has 1 saturated heterocycles. The maximum Gasteiger partial charge on any atom is 0.249 e. The van der Waals surface area contributed by atoms with Crippen LogP contribution in [-0.4, -0.2) is 34.3 Å². The Morgan fingerprint density at radius 3 is 2.50 bits per heavy atom. The van der Waals surface area contributed by atoms with E-state index in [0.29, 0.717) is 13.0 Å². The Bertz CT molecular complexity index is 430. The fourth-order valence-electron chi connectivity index (χ4n) is 3.29. The van der Waals surface area contributed by atoms with Crippen molar-refractivity contribution in [2.24, 2.45) is 0 Å². The van der Waals surface area contributed by atoms with Crippen molar-refractivity contribution in [2.75, 3.05) is 6.54 Å². The molecule has 4 nitrogen and oxygen atoms in total. The highest BCUT2D eigenvalue weighted by atomic mass is 35.5. The van der Waals surface area contributed by atoms with Gasteiger partial charge in [0.25, 0.3) is 0 Å². The van der Waals surface area contributed by atoms with Gasteiger partial charge < -0.3 is 10.2 Å². The smallest absolute Gasteiger partial charge is 0.249 e. The predicted octanol–water partition coefficient (Wildman–Crippen LogP) is 2.57. The van der Waals surface area contributed by atoms with Gasteiger partial charge in [-0.25, -0.2) is 0 Å². The summed E-state index contributed by atoms with van der Waals surface area (Å²) < 4.78 is 0. The van der Waals surface area contributed by atoms with E-state index in [1.54, 1.807) is 11.0 Å². The van der Waals surface area contributed by atoms with Crippen LogP contribution in [0.25, 0.3) is 0 Å². The average Bonchev–Trinajstić information content (AvgIpc) is 2.46. The largest absolute Gasteiger partial charge is 0.340 e. The topological polar surface area (TPSA) is 49.4 Å². The van der Waals surface area contributed by atoms with Gasteiger partial charge >= 0.3 is 0 Å². The lowest BCUT2D eigenvalue weighted by Gasteiger charge is -2.52. The molecule has 1 spiro atoms. The van der Waals surface area contributed by atoms with Crippen LogP contribution in [0.1, 0.15) is 52.4 Å². The number of hydrogen-bond donors (Lipinski definition) is 1. The molecule has 0 bridgehead atoms. The zero-order valence-corrected chi connectivity index (χ0v) is 13.0. The van der Waals surface area contributed by atoms with Gasteiger partial charge in [-0.3, -0.25) is 9.59 Å². The molecule has 0 aromatic heterocycles. The summed E-state index contributed by atoms with van der Waals surface area (Å²) in [5.74, 6) is 0.0142. The highest BCUT2D eigenvalue weighted by molar-refractivity contribution is 6.25. The second kappa shape index (κ2) is 5.76. The molecule has 2 rings (SSSR count). The molecule has 0 radical (unpaired) electrons.